The normalized spacial score (nSPS) is 24.0. The summed E-state index contributed by atoms with van der Waals surface area (Å²) in [5, 5.41) is 5.91. The molecule has 0 aromatic heterocycles. The van der Waals surface area contributed by atoms with Crippen molar-refractivity contribution in [2.24, 2.45) is 17.6 Å². The lowest BCUT2D eigenvalue weighted by molar-refractivity contribution is -0.120. The van der Waals surface area contributed by atoms with Gasteiger partial charge < -0.3 is 16.4 Å². The Morgan fingerprint density at radius 1 is 0.920 bits per heavy atom. The van der Waals surface area contributed by atoms with Crippen molar-refractivity contribution in [2.75, 3.05) is 10.6 Å². The van der Waals surface area contributed by atoms with E-state index in [0.29, 0.717) is 12.3 Å². The third-order valence-corrected chi connectivity index (χ3v) is 5.48. The van der Waals surface area contributed by atoms with E-state index in [4.69, 9.17) is 5.73 Å². The Balaban J connectivity index is 1.46. The predicted molar refractivity (Wildman–Crippen MR) is 100 cm³/mol. The molecule has 2 fully saturated rings. The van der Waals surface area contributed by atoms with Crippen LogP contribution in [-0.4, -0.2) is 17.9 Å². The third-order valence-electron chi connectivity index (χ3n) is 5.48. The van der Waals surface area contributed by atoms with E-state index in [9.17, 15) is 9.59 Å². The summed E-state index contributed by atoms with van der Waals surface area (Å²) in [6.07, 6.45) is 9.30. The first kappa shape index (κ1) is 17.9. The lowest BCUT2D eigenvalue weighted by Crippen LogP contribution is -2.23. The number of hydrogen-bond donors (Lipinski definition) is 3. The third kappa shape index (κ3) is 5.30. The van der Waals surface area contributed by atoms with Crippen molar-refractivity contribution < 1.29 is 9.59 Å². The first-order valence-electron chi connectivity index (χ1n) is 9.56. The first-order chi connectivity index (χ1) is 12.1. The van der Waals surface area contributed by atoms with Crippen LogP contribution in [0.5, 0.6) is 0 Å². The molecule has 4 N–H and O–H groups in total. The molecule has 2 saturated carbocycles. The van der Waals surface area contributed by atoms with E-state index in [1.807, 2.05) is 24.3 Å². The molecule has 1 aromatic rings. The molecular formula is C20H29N3O2. The van der Waals surface area contributed by atoms with Crippen molar-refractivity contribution in [3.8, 4) is 0 Å². The zero-order valence-corrected chi connectivity index (χ0v) is 14.8. The fourth-order valence-electron chi connectivity index (χ4n) is 4.00. The average Bonchev–Trinajstić information content (AvgIpc) is 3.04. The Morgan fingerprint density at radius 2 is 1.56 bits per heavy atom. The molecule has 25 heavy (non-hydrogen) atoms. The molecule has 0 heterocycles. The fourth-order valence-corrected chi connectivity index (χ4v) is 4.00. The summed E-state index contributed by atoms with van der Waals surface area (Å²) < 4.78 is 0. The Labute approximate surface area is 149 Å². The van der Waals surface area contributed by atoms with E-state index < -0.39 is 0 Å². The van der Waals surface area contributed by atoms with Crippen molar-refractivity contribution in [2.45, 2.75) is 63.8 Å². The number of anilines is 2. The Hall–Kier alpha value is -1.88. The van der Waals surface area contributed by atoms with E-state index in [1.54, 1.807) is 0 Å². The van der Waals surface area contributed by atoms with Crippen LogP contribution in [0.1, 0.15) is 57.8 Å². The molecule has 136 valence electrons. The van der Waals surface area contributed by atoms with Gasteiger partial charge in [0.2, 0.25) is 11.8 Å². The number of carbonyl (C=O) groups excluding carboxylic acids is 2. The molecule has 2 atom stereocenters. The molecule has 0 saturated heterocycles. The van der Waals surface area contributed by atoms with E-state index in [1.165, 1.54) is 32.1 Å². The van der Waals surface area contributed by atoms with Crippen LogP contribution >= 0.6 is 0 Å². The number of benzene rings is 1. The molecule has 5 nitrogen and oxygen atoms in total. The van der Waals surface area contributed by atoms with Gasteiger partial charge in [0.05, 0.1) is 0 Å². The van der Waals surface area contributed by atoms with Gasteiger partial charge in [-0.2, -0.15) is 0 Å². The topological polar surface area (TPSA) is 84.2 Å². The van der Waals surface area contributed by atoms with Crippen molar-refractivity contribution in [1.29, 1.82) is 0 Å². The van der Waals surface area contributed by atoms with Gasteiger partial charge in [0.25, 0.3) is 0 Å². The smallest absolute Gasteiger partial charge is 0.227 e. The van der Waals surface area contributed by atoms with Crippen LogP contribution in [0.3, 0.4) is 0 Å². The minimum atomic E-state index is 0.0184. The molecule has 0 radical (unpaired) electrons. The van der Waals surface area contributed by atoms with Gasteiger partial charge in [-0.1, -0.05) is 19.3 Å². The summed E-state index contributed by atoms with van der Waals surface area (Å²) in [7, 11) is 0. The van der Waals surface area contributed by atoms with Crippen LogP contribution in [-0.2, 0) is 9.59 Å². The van der Waals surface area contributed by atoms with Crippen LogP contribution < -0.4 is 16.4 Å². The summed E-state index contributed by atoms with van der Waals surface area (Å²) in [6, 6.07) is 7.51. The van der Waals surface area contributed by atoms with Gasteiger partial charge >= 0.3 is 0 Å². The quantitative estimate of drug-likeness (QED) is 0.763. The minimum Gasteiger partial charge on any atom is -0.328 e. The summed E-state index contributed by atoms with van der Waals surface area (Å²) in [5.74, 6) is 0.681. The highest BCUT2D eigenvalue weighted by molar-refractivity contribution is 5.94. The van der Waals surface area contributed by atoms with Crippen LogP contribution in [0.2, 0.25) is 0 Å². The maximum absolute atomic E-state index is 12.2. The van der Waals surface area contributed by atoms with E-state index in [0.717, 1.165) is 30.6 Å². The van der Waals surface area contributed by atoms with Crippen molar-refractivity contribution in [1.82, 2.24) is 0 Å². The zero-order valence-electron chi connectivity index (χ0n) is 14.8. The molecule has 5 heteroatoms. The highest BCUT2D eigenvalue weighted by atomic mass is 16.2. The molecule has 0 aliphatic heterocycles. The van der Waals surface area contributed by atoms with Crippen LogP contribution in [0.25, 0.3) is 0 Å². The number of amides is 2. The Bertz CT molecular complexity index is 593. The number of nitrogens with one attached hydrogen (secondary N) is 2. The fraction of sp³-hybridized carbons (Fsp3) is 0.600. The van der Waals surface area contributed by atoms with Crippen LogP contribution in [0.4, 0.5) is 11.4 Å². The maximum atomic E-state index is 12.2. The number of rotatable bonds is 5. The predicted octanol–water partition coefficient (Wildman–Crippen LogP) is 3.66. The summed E-state index contributed by atoms with van der Waals surface area (Å²) in [5.41, 5.74) is 7.41. The molecule has 0 unspecified atom stereocenters. The van der Waals surface area contributed by atoms with Gasteiger partial charge in [-0.05, 0) is 62.3 Å². The number of carbonyl (C=O) groups is 2. The highest BCUT2D eigenvalue weighted by Gasteiger charge is 2.27. The Morgan fingerprint density at radius 3 is 2.16 bits per heavy atom. The van der Waals surface area contributed by atoms with Crippen LogP contribution in [0, 0.1) is 11.8 Å². The molecule has 2 amide bonds. The number of nitrogens with two attached hydrogens (primary N) is 1. The Kier molecular flexibility index (Phi) is 6.08. The largest absolute Gasteiger partial charge is 0.328 e. The average molecular weight is 343 g/mol. The van der Waals surface area contributed by atoms with Gasteiger partial charge in [-0.15, -0.1) is 0 Å². The monoisotopic (exact) mass is 343 g/mol. The van der Waals surface area contributed by atoms with Gasteiger partial charge in [-0.3, -0.25) is 9.59 Å². The SMILES string of the molecule is N[C@@H]1CC[C@H](C(=O)Nc2ccc(NC(=O)CC3CCCCC3)cc2)C1. The molecule has 3 rings (SSSR count). The second kappa shape index (κ2) is 8.48. The van der Waals surface area contributed by atoms with Crippen molar-refractivity contribution in [3.63, 3.8) is 0 Å². The minimum absolute atomic E-state index is 0.0184. The van der Waals surface area contributed by atoms with Crippen LogP contribution in [0.15, 0.2) is 24.3 Å². The lowest BCUT2D eigenvalue weighted by Gasteiger charge is -2.20. The summed E-state index contributed by atoms with van der Waals surface area (Å²) >= 11 is 0. The maximum Gasteiger partial charge on any atom is 0.227 e. The molecule has 2 aliphatic carbocycles. The zero-order chi connectivity index (χ0) is 17.6. The van der Waals surface area contributed by atoms with Gasteiger partial charge in [0, 0.05) is 29.8 Å². The van der Waals surface area contributed by atoms with Crippen molar-refractivity contribution >= 4 is 23.2 Å². The van der Waals surface area contributed by atoms with E-state index in [2.05, 4.69) is 10.6 Å². The van der Waals surface area contributed by atoms with E-state index in [-0.39, 0.29) is 23.8 Å². The van der Waals surface area contributed by atoms with Gasteiger partial charge in [-0.25, -0.2) is 0 Å². The van der Waals surface area contributed by atoms with E-state index >= 15 is 0 Å². The first-order valence-corrected chi connectivity index (χ1v) is 9.56. The summed E-state index contributed by atoms with van der Waals surface area (Å²) in [4.78, 5) is 24.4. The highest BCUT2D eigenvalue weighted by Crippen LogP contribution is 2.27. The molecule has 0 spiro atoms. The molecule has 0 bridgehead atoms. The standard InChI is InChI=1S/C20H29N3O2/c21-16-7-6-15(13-16)20(25)23-18-10-8-17(9-11-18)22-19(24)12-14-4-2-1-3-5-14/h8-11,14-16H,1-7,12-13,21H2,(H,22,24)(H,23,25)/t15-,16+/m0/s1. The number of hydrogen-bond acceptors (Lipinski definition) is 3. The lowest BCUT2D eigenvalue weighted by atomic mass is 9.87. The van der Waals surface area contributed by atoms with Crippen molar-refractivity contribution in [3.05, 3.63) is 24.3 Å². The second-order valence-electron chi connectivity index (χ2n) is 7.59. The van der Waals surface area contributed by atoms with Gasteiger partial charge in [0.1, 0.15) is 0 Å². The molecular weight excluding hydrogens is 314 g/mol. The molecule has 1 aromatic carbocycles. The summed E-state index contributed by atoms with van der Waals surface area (Å²) in [6.45, 7) is 0. The second-order valence-corrected chi connectivity index (χ2v) is 7.59. The van der Waals surface area contributed by atoms with Gasteiger partial charge in [0.15, 0.2) is 0 Å². The molecule has 2 aliphatic rings.